The number of benzene rings is 1. The smallest absolute Gasteiger partial charge is 0.314 e. The van der Waals surface area contributed by atoms with Gasteiger partial charge in [0.25, 0.3) is 0 Å². The first kappa shape index (κ1) is 11.1. The Bertz CT molecular complexity index is 397. The Morgan fingerprint density at radius 3 is 3.00 bits per heavy atom. The molecule has 0 radical (unpaired) electrons. The van der Waals surface area contributed by atoms with Gasteiger partial charge in [0, 0.05) is 18.0 Å². The van der Waals surface area contributed by atoms with Crippen molar-refractivity contribution in [2.24, 2.45) is 5.73 Å². The summed E-state index contributed by atoms with van der Waals surface area (Å²) in [5.74, 6) is 0.726. The molecule has 1 aliphatic rings. The highest BCUT2D eigenvalue weighted by atomic mass is 35.5. The molecule has 1 fully saturated rings. The van der Waals surface area contributed by atoms with Crippen LogP contribution >= 0.6 is 11.6 Å². The van der Waals surface area contributed by atoms with Gasteiger partial charge in [0.2, 0.25) is 0 Å². The zero-order chi connectivity index (χ0) is 11.5. The first-order chi connectivity index (χ1) is 7.65. The third-order valence-electron chi connectivity index (χ3n) is 2.56. The van der Waals surface area contributed by atoms with E-state index in [-0.39, 0.29) is 6.10 Å². The van der Waals surface area contributed by atoms with E-state index in [0.29, 0.717) is 18.1 Å². The molecular formula is C11H13ClN2O2. The number of primary amides is 1. The number of likely N-dealkylation sites (tertiary alicyclic amines) is 1. The number of nitrogens with zero attached hydrogens (tertiary/aromatic N) is 1. The van der Waals surface area contributed by atoms with Gasteiger partial charge in [-0.2, -0.15) is 0 Å². The number of amides is 2. The normalized spacial score (nSPS) is 19.8. The van der Waals surface area contributed by atoms with Crippen molar-refractivity contribution >= 4 is 17.6 Å². The highest BCUT2D eigenvalue weighted by Gasteiger charge is 2.26. The van der Waals surface area contributed by atoms with Gasteiger partial charge in [-0.3, -0.25) is 0 Å². The van der Waals surface area contributed by atoms with Crippen LogP contribution in [0.15, 0.2) is 24.3 Å². The van der Waals surface area contributed by atoms with Gasteiger partial charge in [0.15, 0.2) is 0 Å². The van der Waals surface area contributed by atoms with E-state index in [1.54, 1.807) is 17.0 Å². The van der Waals surface area contributed by atoms with Crippen LogP contribution in [0.25, 0.3) is 0 Å². The molecule has 1 aliphatic heterocycles. The molecule has 4 nitrogen and oxygen atoms in total. The van der Waals surface area contributed by atoms with E-state index in [1.807, 2.05) is 12.1 Å². The standard InChI is InChI=1S/C11H13ClN2O2/c12-8-2-1-3-9(6-8)16-10-4-5-14(7-10)11(13)15/h1-3,6,10H,4-5,7H2,(H2,13,15)/t10-/m0/s1. The second kappa shape index (κ2) is 4.61. The molecule has 0 aliphatic carbocycles. The van der Waals surface area contributed by atoms with Crippen LogP contribution in [0.5, 0.6) is 5.75 Å². The predicted octanol–water partition coefficient (Wildman–Crippen LogP) is 1.87. The van der Waals surface area contributed by atoms with E-state index in [4.69, 9.17) is 22.1 Å². The lowest BCUT2D eigenvalue weighted by Crippen LogP contribution is -2.35. The first-order valence-corrected chi connectivity index (χ1v) is 5.49. The van der Waals surface area contributed by atoms with E-state index in [1.165, 1.54) is 0 Å². The number of hydrogen-bond acceptors (Lipinski definition) is 2. The van der Waals surface area contributed by atoms with Gasteiger partial charge in [-0.15, -0.1) is 0 Å². The zero-order valence-corrected chi connectivity index (χ0v) is 9.48. The third kappa shape index (κ3) is 2.58. The van der Waals surface area contributed by atoms with E-state index in [2.05, 4.69) is 0 Å². The van der Waals surface area contributed by atoms with Crippen molar-refractivity contribution in [3.63, 3.8) is 0 Å². The lowest BCUT2D eigenvalue weighted by molar-refractivity contribution is 0.192. The summed E-state index contributed by atoms with van der Waals surface area (Å²) in [6.07, 6.45) is 0.807. The van der Waals surface area contributed by atoms with Crippen LogP contribution in [0.4, 0.5) is 4.79 Å². The van der Waals surface area contributed by atoms with Gasteiger partial charge in [-0.25, -0.2) is 4.79 Å². The lowest BCUT2D eigenvalue weighted by Gasteiger charge is -2.15. The molecule has 1 aromatic carbocycles. The number of carbonyl (C=O) groups is 1. The quantitative estimate of drug-likeness (QED) is 0.858. The second-order valence-corrected chi connectivity index (χ2v) is 4.21. The van der Waals surface area contributed by atoms with Crippen LogP contribution in [-0.4, -0.2) is 30.1 Å². The molecule has 1 aromatic rings. The first-order valence-electron chi connectivity index (χ1n) is 5.12. The van der Waals surface area contributed by atoms with Crippen LogP contribution in [-0.2, 0) is 0 Å². The molecule has 0 spiro atoms. The largest absolute Gasteiger partial charge is 0.488 e. The number of nitrogens with two attached hydrogens (primary N) is 1. The molecule has 1 saturated heterocycles. The summed E-state index contributed by atoms with van der Waals surface area (Å²) in [4.78, 5) is 12.5. The minimum absolute atomic E-state index is 0.00552. The summed E-state index contributed by atoms with van der Waals surface area (Å²) in [6, 6.07) is 6.84. The van der Waals surface area contributed by atoms with Gasteiger partial charge in [-0.1, -0.05) is 17.7 Å². The maximum Gasteiger partial charge on any atom is 0.314 e. The highest BCUT2D eigenvalue weighted by Crippen LogP contribution is 2.21. The van der Waals surface area contributed by atoms with Gasteiger partial charge < -0.3 is 15.4 Å². The van der Waals surface area contributed by atoms with Crippen molar-refractivity contribution in [2.45, 2.75) is 12.5 Å². The van der Waals surface area contributed by atoms with E-state index in [0.717, 1.165) is 12.2 Å². The third-order valence-corrected chi connectivity index (χ3v) is 2.79. The van der Waals surface area contributed by atoms with E-state index < -0.39 is 6.03 Å². The van der Waals surface area contributed by atoms with Crippen molar-refractivity contribution in [1.29, 1.82) is 0 Å². The average molecular weight is 241 g/mol. The number of halogens is 1. The molecule has 0 bridgehead atoms. The summed E-state index contributed by atoms with van der Waals surface area (Å²) in [5.41, 5.74) is 5.19. The molecule has 0 unspecified atom stereocenters. The topological polar surface area (TPSA) is 55.6 Å². The minimum atomic E-state index is -0.391. The molecule has 1 heterocycles. The molecule has 5 heteroatoms. The van der Waals surface area contributed by atoms with Crippen molar-refractivity contribution in [3.8, 4) is 5.75 Å². The van der Waals surface area contributed by atoms with Gasteiger partial charge in [0.05, 0.1) is 6.54 Å². The Morgan fingerprint density at radius 2 is 2.38 bits per heavy atom. The van der Waals surface area contributed by atoms with E-state index in [9.17, 15) is 4.79 Å². The molecule has 2 rings (SSSR count). The van der Waals surface area contributed by atoms with Crippen LogP contribution < -0.4 is 10.5 Å². The SMILES string of the molecule is NC(=O)N1CC[C@H](Oc2cccc(Cl)c2)C1. The fourth-order valence-electron chi connectivity index (χ4n) is 1.76. The molecule has 0 saturated carbocycles. The van der Waals surface area contributed by atoms with Gasteiger partial charge in [0.1, 0.15) is 11.9 Å². The molecule has 2 amide bonds. The van der Waals surface area contributed by atoms with Crippen molar-refractivity contribution in [3.05, 3.63) is 29.3 Å². The monoisotopic (exact) mass is 240 g/mol. The van der Waals surface area contributed by atoms with Crippen molar-refractivity contribution in [2.75, 3.05) is 13.1 Å². The Hall–Kier alpha value is -1.42. The fraction of sp³-hybridized carbons (Fsp3) is 0.364. The summed E-state index contributed by atoms with van der Waals surface area (Å²) in [5, 5.41) is 0.641. The molecule has 1 atom stereocenters. The fourth-order valence-corrected chi connectivity index (χ4v) is 1.94. The molecular weight excluding hydrogens is 228 g/mol. The summed E-state index contributed by atoms with van der Waals surface area (Å²) in [6.45, 7) is 1.20. The van der Waals surface area contributed by atoms with Crippen molar-refractivity contribution in [1.82, 2.24) is 4.90 Å². The molecule has 86 valence electrons. The maximum absolute atomic E-state index is 10.9. The number of carbonyl (C=O) groups excluding carboxylic acids is 1. The molecule has 2 N–H and O–H groups in total. The van der Waals surface area contributed by atoms with Crippen LogP contribution in [0.1, 0.15) is 6.42 Å². The molecule has 0 aromatic heterocycles. The van der Waals surface area contributed by atoms with Crippen LogP contribution in [0.2, 0.25) is 5.02 Å². The summed E-state index contributed by atoms with van der Waals surface area (Å²) in [7, 11) is 0. The van der Waals surface area contributed by atoms with Gasteiger partial charge in [-0.05, 0) is 18.2 Å². The Kier molecular flexibility index (Phi) is 3.19. The van der Waals surface area contributed by atoms with Crippen LogP contribution in [0.3, 0.4) is 0 Å². The average Bonchev–Trinajstić information content (AvgIpc) is 2.66. The summed E-state index contributed by atoms with van der Waals surface area (Å²) >= 11 is 5.84. The zero-order valence-electron chi connectivity index (χ0n) is 8.73. The predicted molar refractivity (Wildman–Crippen MR) is 61.6 cm³/mol. The number of rotatable bonds is 2. The lowest BCUT2D eigenvalue weighted by atomic mass is 10.3. The second-order valence-electron chi connectivity index (χ2n) is 3.77. The number of urea groups is 1. The maximum atomic E-state index is 10.9. The van der Waals surface area contributed by atoms with E-state index >= 15 is 0 Å². The summed E-state index contributed by atoms with van der Waals surface area (Å²) < 4.78 is 5.70. The minimum Gasteiger partial charge on any atom is -0.488 e. The number of ether oxygens (including phenoxy) is 1. The molecule has 16 heavy (non-hydrogen) atoms. The Morgan fingerprint density at radius 1 is 1.56 bits per heavy atom. The van der Waals surface area contributed by atoms with Crippen LogP contribution in [0, 0.1) is 0 Å². The Balaban J connectivity index is 1.94. The Labute approximate surface area is 98.9 Å². The van der Waals surface area contributed by atoms with Gasteiger partial charge >= 0.3 is 6.03 Å². The number of hydrogen-bond donors (Lipinski definition) is 1. The van der Waals surface area contributed by atoms with Crippen molar-refractivity contribution < 1.29 is 9.53 Å². The highest BCUT2D eigenvalue weighted by molar-refractivity contribution is 6.30.